The number of carbonyl (C=O) groups is 1. The lowest BCUT2D eigenvalue weighted by atomic mass is 10.1. The Morgan fingerprint density at radius 1 is 1.14 bits per heavy atom. The molecule has 4 rings (SSSR count). The van der Waals surface area contributed by atoms with Crippen LogP contribution in [-0.4, -0.2) is 30.4 Å². The molecule has 1 aliphatic heterocycles. The fraction of sp³-hybridized carbons (Fsp3) is 0.391. The van der Waals surface area contributed by atoms with Gasteiger partial charge in [-0.1, -0.05) is 6.42 Å². The van der Waals surface area contributed by atoms with E-state index in [0.717, 1.165) is 42.8 Å². The van der Waals surface area contributed by atoms with Gasteiger partial charge < -0.3 is 14.2 Å². The first-order chi connectivity index (χ1) is 14.0. The molecular weight excluding hydrogens is 368 g/mol. The number of nitrogens with one attached hydrogen (secondary N) is 1. The van der Waals surface area contributed by atoms with Crippen LogP contribution in [0.5, 0.6) is 0 Å². The number of fused-ring (bicyclic) bond motifs is 1. The smallest absolute Gasteiger partial charge is 0.287 e. The molecule has 29 heavy (non-hydrogen) atoms. The molecule has 0 bridgehead atoms. The molecule has 1 saturated heterocycles. The van der Waals surface area contributed by atoms with Crippen molar-refractivity contribution in [1.29, 1.82) is 0 Å². The van der Waals surface area contributed by atoms with Crippen molar-refractivity contribution in [3.63, 3.8) is 0 Å². The number of piperidine rings is 1. The Labute approximate surface area is 169 Å². The number of carbonyl (C=O) groups excluding carboxylic acids is 1. The Kier molecular flexibility index (Phi) is 5.53. The van der Waals surface area contributed by atoms with Crippen molar-refractivity contribution in [2.75, 3.05) is 19.6 Å². The molecule has 6 nitrogen and oxygen atoms in total. The highest BCUT2D eigenvalue weighted by atomic mass is 16.3. The number of furan rings is 1. The third-order valence-corrected chi connectivity index (χ3v) is 5.73. The minimum Gasteiger partial charge on any atom is -0.468 e. The van der Waals surface area contributed by atoms with Crippen molar-refractivity contribution >= 4 is 16.9 Å². The second-order valence-corrected chi connectivity index (χ2v) is 7.75. The highest BCUT2D eigenvalue weighted by Crippen LogP contribution is 2.25. The highest BCUT2D eigenvalue weighted by Gasteiger charge is 2.25. The van der Waals surface area contributed by atoms with Crippen molar-refractivity contribution in [2.45, 2.75) is 39.2 Å². The fourth-order valence-corrected chi connectivity index (χ4v) is 3.92. The first-order valence-corrected chi connectivity index (χ1v) is 10.1. The van der Waals surface area contributed by atoms with Gasteiger partial charge in [0.15, 0.2) is 11.2 Å². The number of aryl methyl sites for hydroxylation is 2. The van der Waals surface area contributed by atoms with Crippen LogP contribution in [0.4, 0.5) is 0 Å². The molecule has 2 aromatic heterocycles. The van der Waals surface area contributed by atoms with E-state index in [4.69, 9.17) is 8.83 Å². The number of rotatable bonds is 5. The van der Waals surface area contributed by atoms with Crippen molar-refractivity contribution in [3.05, 3.63) is 69.5 Å². The normalized spacial score (nSPS) is 16.1. The number of benzene rings is 1. The van der Waals surface area contributed by atoms with E-state index in [0.29, 0.717) is 17.5 Å². The van der Waals surface area contributed by atoms with Gasteiger partial charge in [-0.3, -0.25) is 14.5 Å². The lowest BCUT2D eigenvalue weighted by Crippen LogP contribution is -2.40. The Bertz CT molecular complexity index is 1060. The van der Waals surface area contributed by atoms with Gasteiger partial charge in [-0.15, -0.1) is 0 Å². The average Bonchev–Trinajstić information content (AvgIpc) is 3.25. The summed E-state index contributed by atoms with van der Waals surface area (Å²) < 4.78 is 11.4. The molecule has 1 atom stereocenters. The van der Waals surface area contributed by atoms with Crippen LogP contribution in [0.25, 0.3) is 11.0 Å². The molecule has 3 aromatic rings. The number of hydrogen-bond acceptors (Lipinski definition) is 5. The van der Waals surface area contributed by atoms with Crippen LogP contribution in [0.2, 0.25) is 0 Å². The third kappa shape index (κ3) is 4.12. The minimum atomic E-state index is -0.393. The Balaban J connectivity index is 1.55. The summed E-state index contributed by atoms with van der Waals surface area (Å²) in [4.78, 5) is 27.6. The SMILES string of the molecule is Cc1cc2oc(C(=O)NC[C@H](c3ccco3)N3CCCCC3)cc(=O)c2cc1C. The summed E-state index contributed by atoms with van der Waals surface area (Å²) in [5, 5.41) is 3.42. The van der Waals surface area contributed by atoms with E-state index >= 15 is 0 Å². The summed E-state index contributed by atoms with van der Waals surface area (Å²) in [5.41, 5.74) is 2.26. The van der Waals surface area contributed by atoms with Crippen LogP contribution in [0.3, 0.4) is 0 Å². The first-order valence-electron chi connectivity index (χ1n) is 10.1. The number of nitrogens with zero attached hydrogens (tertiary/aromatic N) is 1. The lowest BCUT2D eigenvalue weighted by molar-refractivity contribution is 0.0888. The van der Waals surface area contributed by atoms with E-state index in [1.54, 1.807) is 6.26 Å². The zero-order chi connectivity index (χ0) is 20.4. The predicted molar refractivity (Wildman–Crippen MR) is 111 cm³/mol. The molecule has 0 aliphatic carbocycles. The first kappa shape index (κ1) is 19.5. The zero-order valence-electron chi connectivity index (χ0n) is 16.9. The number of amides is 1. The summed E-state index contributed by atoms with van der Waals surface area (Å²) in [5.74, 6) is 0.469. The molecule has 1 amide bonds. The second-order valence-electron chi connectivity index (χ2n) is 7.75. The van der Waals surface area contributed by atoms with Crippen LogP contribution in [0.1, 0.15) is 52.7 Å². The summed E-state index contributed by atoms with van der Waals surface area (Å²) in [6, 6.07) is 8.65. The lowest BCUT2D eigenvalue weighted by Gasteiger charge is -2.33. The monoisotopic (exact) mass is 394 g/mol. The van der Waals surface area contributed by atoms with Crippen LogP contribution < -0.4 is 10.7 Å². The number of likely N-dealkylation sites (tertiary alicyclic amines) is 1. The molecule has 1 fully saturated rings. The van der Waals surface area contributed by atoms with Crippen molar-refractivity contribution in [3.8, 4) is 0 Å². The summed E-state index contributed by atoms with van der Waals surface area (Å²) in [7, 11) is 0. The van der Waals surface area contributed by atoms with E-state index in [1.807, 2.05) is 38.1 Å². The maximum Gasteiger partial charge on any atom is 0.287 e. The molecule has 0 radical (unpaired) electrons. The highest BCUT2D eigenvalue weighted by molar-refractivity contribution is 5.93. The van der Waals surface area contributed by atoms with E-state index in [2.05, 4.69) is 10.2 Å². The summed E-state index contributed by atoms with van der Waals surface area (Å²) in [6.07, 6.45) is 5.17. The van der Waals surface area contributed by atoms with Gasteiger partial charge in [0, 0.05) is 12.6 Å². The van der Waals surface area contributed by atoms with Crippen LogP contribution in [-0.2, 0) is 0 Å². The van der Waals surface area contributed by atoms with Gasteiger partial charge >= 0.3 is 0 Å². The Morgan fingerprint density at radius 2 is 1.90 bits per heavy atom. The van der Waals surface area contributed by atoms with E-state index in [1.165, 1.54) is 12.5 Å². The van der Waals surface area contributed by atoms with E-state index < -0.39 is 5.91 Å². The predicted octanol–water partition coefficient (Wildman–Crippen LogP) is 3.96. The van der Waals surface area contributed by atoms with Crippen molar-refractivity contribution in [1.82, 2.24) is 10.2 Å². The second kappa shape index (κ2) is 8.25. The van der Waals surface area contributed by atoms with Crippen molar-refractivity contribution < 1.29 is 13.6 Å². The summed E-state index contributed by atoms with van der Waals surface area (Å²) >= 11 is 0. The van der Waals surface area contributed by atoms with Gasteiger partial charge in [0.1, 0.15) is 11.3 Å². The molecule has 152 valence electrons. The topological polar surface area (TPSA) is 75.7 Å². The van der Waals surface area contributed by atoms with Gasteiger partial charge in [0.2, 0.25) is 0 Å². The van der Waals surface area contributed by atoms with E-state index in [-0.39, 0.29) is 17.2 Å². The maximum absolute atomic E-state index is 12.8. The zero-order valence-corrected chi connectivity index (χ0v) is 16.9. The van der Waals surface area contributed by atoms with Crippen molar-refractivity contribution in [2.24, 2.45) is 0 Å². The quantitative estimate of drug-likeness (QED) is 0.709. The molecule has 1 aromatic carbocycles. The third-order valence-electron chi connectivity index (χ3n) is 5.73. The maximum atomic E-state index is 12.8. The largest absolute Gasteiger partial charge is 0.468 e. The minimum absolute atomic E-state index is 0.0302. The molecule has 0 saturated carbocycles. The Morgan fingerprint density at radius 3 is 2.62 bits per heavy atom. The van der Waals surface area contributed by atoms with Gasteiger partial charge in [-0.25, -0.2) is 0 Å². The molecule has 0 unspecified atom stereocenters. The molecule has 1 N–H and O–H groups in total. The van der Waals surface area contributed by atoms with Gasteiger partial charge in [-0.05, 0) is 75.2 Å². The Hall–Kier alpha value is -2.86. The molecular formula is C23H26N2O4. The summed E-state index contributed by atoms with van der Waals surface area (Å²) in [6.45, 7) is 6.25. The van der Waals surface area contributed by atoms with Gasteiger partial charge in [0.05, 0.1) is 17.7 Å². The molecule has 6 heteroatoms. The van der Waals surface area contributed by atoms with Crippen LogP contribution in [0.15, 0.2) is 50.2 Å². The standard InChI is InChI=1S/C23H26N2O4/c1-15-11-17-19(26)13-22(29-21(17)12-16(15)2)23(27)24-14-18(20-7-6-10-28-20)25-8-4-3-5-9-25/h6-7,10-13,18H,3-5,8-9,14H2,1-2H3,(H,24,27)/t18-/m1/s1. The van der Waals surface area contributed by atoms with Gasteiger partial charge in [0.25, 0.3) is 5.91 Å². The fourth-order valence-electron chi connectivity index (χ4n) is 3.92. The molecule has 1 aliphatic rings. The molecule has 3 heterocycles. The average molecular weight is 394 g/mol. The van der Waals surface area contributed by atoms with Gasteiger partial charge in [-0.2, -0.15) is 0 Å². The van der Waals surface area contributed by atoms with E-state index in [9.17, 15) is 9.59 Å². The van der Waals surface area contributed by atoms with Crippen LogP contribution >= 0.6 is 0 Å². The molecule has 0 spiro atoms. The van der Waals surface area contributed by atoms with Crippen LogP contribution in [0, 0.1) is 13.8 Å². The number of hydrogen-bond donors (Lipinski definition) is 1.